The summed E-state index contributed by atoms with van der Waals surface area (Å²) >= 11 is 24.6. The van der Waals surface area contributed by atoms with Crippen LogP contribution in [0.5, 0.6) is 0 Å². The number of amides is 9. The predicted molar refractivity (Wildman–Crippen MR) is 563 cm³/mol. The molecule has 0 radical (unpaired) electrons. The molecule has 8 aromatic rings. The Morgan fingerprint density at radius 3 is 1.01 bits per heavy atom. The maximum Gasteiger partial charge on any atom is 0.254 e. The van der Waals surface area contributed by atoms with E-state index in [1.165, 1.54) is 35.1 Å². The topological polar surface area (TPSA) is 308 Å². The van der Waals surface area contributed by atoms with Gasteiger partial charge in [0.15, 0.2) is 11.6 Å². The molecule has 144 heavy (non-hydrogen) atoms. The van der Waals surface area contributed by atoms with E-state index in [1.807, 2.05) is 106 Å². The first-order chi connectivity index (χ1) is 69.1. The molecule has 18 rings (SSSR count). The van der Waals surface area contributed by atoms with Crippen LogP contribution in [0.4, 0.5) is 23.3 Å². The van der Waals surface area contributed by atoms with Crippen LogP contribution in [0, 0.1) is 60.3 Å². The molecule has 3 N–H and O–H groups in total. The molecule has 0 unspecified atom stereocenters. The van der Waals surface area contributed by atoms with Crippen LogP contribution in [0.2, 0.25) is 20.1 Å². The van der Waals surface area contributed by atoms with Gasteiger partial charge in [0.1, 0.15) is 47.4 Å². The lowest BCUT2D eigenvalue weighted by Gasteiger charge is -2.39. The molecule has 0 spiro atoms. The van der Waals surface area contributed by atoms with Crippen molar-refractivity contribution in [3.8, 4) is 0 Å². The largest absolute Gasteiger partial charge is 0.339 e. The van der Waals surface area contributed by atoms with Crippen molar-refractivity contribution < 1.29 is 52.7 Å². The zero-order valence-electron chi connectivity index (χ0n) is 84.9. The van der Waals surface area contributed by atoms with Gasteiger partial charge in [0, 0.05) is 221 Å². The van der Waals surface area contributed by atoms with Crippen molar-refractivity contribution in [2.75, 3.05) is 93.3 Å². The van der Waals surface area contributed by atoms with Crippen molar-refractivity contribution in [3.05, 3.63) is 232 Å². The molecule has 32 heteroatoms. The number of carbonyl (C=O) groups is 11. The Hall–Kier alpha value is -11.0. The van der Waals surface area contributed by atoms with E-state index in [0.717, 1.165) is 205 Å². The second kappa shape index (κ2) is 49.5. The normalized spacial score (nSPS) is 20.1. The lowest BCUT2D eigenvalue weighted by Crippen LogP contribution is -2.53. The Morgan fingerprint density at radius 1 is 0.382 bits per heavy atom. The van der Waals surface area contributed by atoms with Crippen LogP contribution in [0.1, 0.15) is 254 Å². The van der Waals surface area contributed by atoms with Crippen molar-refractivity contribution in [2.45, 2.75) is 285 Å². The third-order valence-electron chi connectivity index (χ3n) is 29.9. The van der Waals surface area contributed by atoms with Gasteiger partial charge >= 0.3 is 0 Å². The first kappa shape index (κ1) is 107. The molecule has 4 aromatic heterocycles. The number of nitrogens with zero attached hydrogens (tertiary/aromatic N) is 14. The van der Waals surface area contributed by atoms with Gasteiger partial charge in [-0.15, -0.1) is 0 Å². The number of likely N-dealkylation sites (N-methyl/N-ethyl adjacent to an activating group) is 1. The molecule has 0 bridgehead atoms. The molecular weight excluding hydrogens is 1900 g/mol. The second-order valence-electron chi connectivity index (χ2n) is 41.4. The molecule has 1 saturated carbocycles. The van der Waals surface area contributed by atoms with Gasteiger partial charge in [-0.3, -0.25) is 77.2 Å². The third kappa shape index (κ3) is 28.3. The summed E-state index contributed by atoms with van der Waals surface area (Å²) in [6.45, 7) is 29.7. The number of ketones is 2. The summed E-state index contributed by atoms with van der Waals surface area (Å²) in [5, 5.41) is 11.9. The summed E-state index contributed by atoms with van der Waals surface area (Å²) in [4.78, 5) is 180. The molecule has 4 atom stereocenters. The van der Waals surface area contributed by atoms with E-state index < -0.39 is 24.2 Å². The fraction of sp³-hybridized carbons (Fsp3) is 0.509. The standard InChI is InChI=1S/C30H37ClN4O3.C30H39ClN4O3.C28H34ClN5O3.C24H29ClN4O2/c1-19-15-22(5-7-25(19)31)18-34-13-11-24(12-14-34)35-26(8-10-29(35)37)30(38)33-28-17-23(16-20(2)32-28)27(36)9-6-21-3-4-21;1-19(2)5-9-27(36)23-16-21(4)32-28(17-23)33-30(38)26-8-10-29(37)35(26)24-11-13-34(14-12-24)18-22-6-7-25(31)20(3)15-22;1-18-14-20(4-5-23(18)29)17-32-12-8-22(9-13-32)34-24(6-7-26(34)35)27(36)31-25-16-21(15-19(2)30-25)28(37)33-10-3-11-33;1-17-15-18(6-7-20(17)25)16-28-13-10-19(11-14-28)29-21(8-9-23(29)30)24(31)27(2)22-5-3-4-12-26-22/h5,7,15-17,21,24,26H,3-4,6,8-14,18H2,1-2H3,(H,32,33,38);6-7,15-17,19,24,26H,5,8-14,18H2,1-4H3,(H,32,33,38);4-5,14-16,22,24H,3,6-13,17H2,1-2H3,(H,30,31,36);3-7,12,15,19,21H,8-11,13-14,16H2,1-2H3/t2*26-;24-;21-/m1111/s1. The zero-order valence-corrected chi connectivity index (χ0v) is 87.9. The van der Waals surface area contributed by atoms with E-state index in [1.54, 1.807) is 64.3 Å². The number of hydrogen-bond acceptors (Lipinski definition) is 19. The van der Waals surface area contributed by atoms with Crippen molar-refractivity contribution in [1.82, 2.24) is 64.0 Å². The molecule has 9 saturated heterocycles. The molecule has 766 valence electrons. The zero-order chi connectivity index (χ0) is 102. The van der Waals surface area contributed by atoms with E-state index in [0.29, 0.717) is 133 Å². The van der Waals surface area contributed by atoms with Crippen LogP contribution in [0.15, 0.2) is 134 Å². The number of nitrogens with one attached hydrogen (secondary N) is 3. The number of Topliss-reactive ketones (excluding diaryl/α,β-unsaturated/α-hetero) is 2. The van der Waals surface area contributed by atoms with Gasteiger partial charge < -0.3 is 40.4 Å². The Morgan fingerprint density at radius 2 is 0.701 bits per heavy atom. The Labute approximate surface area is 867 Å². The SMILES string of the molecule is Cc1cc(C(=O)CCC(C)C)cc(NC(=O)[C@H]2CCC(=O)N2C2CCN(Cc3ccc(Cl)c(C)c3)CC2)n1.Cc1cc(C(=O)CCC2CC2)cc(NC(=O)[C@H]2CCC(=O)N2C2CCN(Cc3ccc(Cl)c(C)c3)CC2)n1.Cc1cc(C(=O)N2CCC2)cc(NC(=O)[C@H]2CCC(=O)N2C2CCN(Cc3ccc(Cl)c(C)c3)CC2)n1.Cc1cc(CN2CCC(N3C(=O)CC[C@@H]3C(=O)N(C)c3ccccn3)CC2)ccc1Cl. The van der Waals surface area contributed by atoms with Crippen LogP contribution in [0.3, 0.4) is 0 Å². The van der Waals surface area contributed by atoms with Gasteiger partial charge in [-0.25, -0.2) is 19.9 Å². The monoisotopic (exact) mass is 2040 g/mol. The first-order valence-corrected chi connectivity index (χ1v) is 53.2. The molecule has 4 aromatic carbocycles. The van der Waals surface area contributed by atoms with Crippen LogP contribution in [-0.4, -0.2) is 250 Å². The minimum Gasteiger partial charge on any atom is -0.339 e. The van der Waals surface area contributed by atoms with Crippen molar-refractivity contribution >= 4 is 134 Å². The van der Waals surface area contributed by atoms with Gasteiger partial charge in [-0.1, -0.05) is 128 Å². The van der Waals surface area contributed by atoms with Gasteiger partial charge in [-0.05, 0) is 274 Å². The van der Waals surface area contributed by atoms with E-state index in [-0.39, 0.29) is 88.9 Å². The molecule has 28 nitrogen and oxygen atoms in total. The highest BCUT2D eigenvalue weighted by Gasteiger charge is 2.47. The molecule has 9 aliphatic heterocycles. The van der Waals surface area contributed by atoms with E-state index in [4.69, 9.17) is 46.4 Å². The lowest BCUT2D eigenvalue weighted by molar-refractivity contribution is -0.137. The van der Waals surface area contributed by atoms with E-state index >= 15 is 0 Å². The number of anilines is 4. The maximum atomic E-state index is 13.3. The van der Waals surface area contributed by atoms with Gasteiger partial charge in [0.25, 0.3) is 11.8 Å². The summed E-state index contributed by atoms with van der Waals surface area (Å²) in [6, 6.07) is 38.7. The lowest BCUT2D eigenvalue weighted by atomic mass is 10.0. The van der Waals surface area contributed by atoms with Gasteiger partial charge in [-0.2, -0.15) is 0 Å². The maximum absolute atomic E-state index is 13.3. The fourth-order valence-electron chi connectivity index (χ4n) is 21.6. The number of benzene rings is 4. The molecule has 9 amide bonds. The highest BCUT2D eigenvalue weighted by Crippen LogP contribution is 2.38. The quantitative estimate of drug-likeness (QED) is 0.0367. The Kier molecular flexibility index (Phi) is 36.9. The number of hydrogen-bond donors (Lipinski definition) is 3. The molecule has 13 heterocycles. The molecular formula is C112H139Cl4N17O11. The van der Waals surface area contributed by atoms with E-state index in [9.17, 15) is 52.7 Å². The summed E-state index contributed by atoms with van der Waals surface area (Å²) in [7, 11) is 1.74. The van der Waals surface area contributed by atoms with Crippen molar-refractivity contribution in [2.24, 2.45) is 11.8 Å². The van der Waals surface area contributed by atoms with Crippen LogP contribution in [0.25, 0.3) is 0 Å². The number of rotatable bonds is 29. The second-order valence-corrected chi connectivity index (χ2v) is 43.0. The Bertz CT molecular complexity index is 5810. The van der Waals surface area contributed by atoms with Gasteiger partial charge in [0.05, 0.1) is 0 Å². The summed E-state index contributed by atoms with van der Waals surface area (Å²) < 4.78 is 0. The Balaban J connectivity index is 0.000000145. The van der Waals surface area contributed by atoms with E-state index in [2.05, 4.69) is 118 Å². The molecule has 1 aliphatic carbocycles. The summed E-state index contributed by atoms with van der Waals surface area (Å²) in [5.74, 6) is 2.47. The summed E-state index contributed by atoms with van der Waals surface area (Å²) in [5.41, 5.74) is 13.0. The molecule has 10 aliphatic rings. The smallest absolute Gasteiger partial charge is 0.254 e. The fourth-order valence-corrected chi connectivity index (χ4v) is 22.1. The average Bonchev–Trinajstić information content (AvgIpc) is 1.64. The van der Waals surface area contributed by atoms with Crippen LogP contribution < -0.4 is 20.9 Å². The number of halogens is 4. The predicted octanol–water partition coefficient (Wildman–Crippen LogP) is 18.3. The number of aromatic nitrogens is 4. The van der Waals surface area contributed by atoms with Crippen LogP contribution in [-0.2, 0) is 64.5 Å². The highest BCUT2D eigenvalue weighted by atomic mass is 35.5. The molecule has 10 fully saturated rings. The van der Waals surface area contributed by atoms with Crippen molar-refractivity contribution in [3.63, 3.8) is 0 Å². The number of piperidine rings is 4. The number of aryl methyl sites for hydroxylation is 7. The minimum absolute atomic E-state index is 0.0366. The number of carbonyl (C=O) groups excluding carboxylic acids is 11. The summed E-state index contributed by atoms with van der Waals surface area (Å²) in [6.07, 6.45) is 18.3. The third-order valence-corrected chi connectivity index (χ3v) is 31.6. The highest BCUT2D eigenvalue weighted by molar-refractivity contribution is 6.32. The minimum atomic E-state index is -0.514. The van der Waals surface area contributed by atoms with Crippen LogP contribution >= 0.6 is 46.4 Å². The van der Waals surface area contributed by atoms with Gasteiger partial charge in [0.2, 0.25) is 41.4 Å². The van der Waals surface area contributed by atoms with Crippen molar-refractivity contribution in [1.29, 1.82) is 0 Å². The number of likely N-dealkylation sites (tertiary alicyclic amines) is 9. The number of pyridine rings is 4. The first-order valence-electron chi connectivity index (χ1n) is 51.7. The average molecular weight is 2040 g/mol.